The molecule has 0 aromatic heterocycles. The van der Waals surface area contributed by atoms with E-state index in [0.29, 0.717) is 24.2 Å². The van der Waals surface area contributed by atoms with Crippen LogP contribution >= 0.6 is 0 Å². The van der Waals surface area contributed by atoms with Gasteiger partial charge in [-0.2, -0.15) is 0 Å². The van der Waals surface area contributed by atoms with Crippen LogP contribution in [0.3, 0.4) is 0 Å². The maximum atomic E-state index is 12.0. The van der Waals surface area contributed by atoms with Crippen LogP contribution in [0.25, 0.3) is 0 Å². The lowest BCUT2D eigenvalue weighted by Gasteiger charge is -2.07. The van der Waals surface area contributed by atoms with Gasteiger partial charge in [0.25, 0.3) is 5.69 Å². The second-order valence-corrected chi connectivity index (χ2v) is 5.94. The van der Waals surface area contributed by atoms with Crippen molar-refractivity contribution in [2.45, 2.75) is 26.2 Å². The highest BCUT2D eigenvalue weighted by Gasteiger charge is 2.12. The van der Waals surface area contributed by atoms with E-state index in [9.17, 15) is 19.7 Å². The average molecular weight is 370 g/mol. The Labute approximate surface area is 157 Å². The quantitative estimate of drug-likeness (QED) is 0.225. The van der Waals surface area contributed by atoms with Crippen LogP contribution in [0, 0.1) is 10.1 Å². The number of hydrogen-bond acceptors (Lipinski definition) is 6. The largest absolute Gasteiger partial charge is 0.457 e. The molecule has 7 heteroatoms. The first-order valence-electron chi connectivity index (χ1n) is 8.76. The minimum absolute atomic E-state index is 0.0141. The number of carbonyl (C=O) groups excluding carboxylic acids is 2. The van der Waals surface area contributed by atoms with Crippen LogP contribution in [0.1, 0.15) is 35.7 Å². The number of Topliss-reactive ketones (excluding diaryl/α,β-unsaturated/α-hetero) is 1. The van der Waals surface area contributed by atoms with Gasteiger partial charge >= 0.3 is 5.97 Å². The summed E-state index contributed by atoms with van der Waals surface area (Å²) < 4.78 is 5.00. The molecule has 7 nitrogen and oxygen atoms in total. The number of esters is 1. The van der Waals surface area contributed by atoms with Crippen molar-refractivity contribution in [3.8, 4) is 0 Å². The number of ketones is 1. The SMILES string of the molecule is CCc1ccc(C(=O)COC(=O)CCCNc2ccccc2[N+](=O)[O-])cc1. The Balaban J connectivity index is 1.70. The minimum atomic E-state index is -0.474. The van der Waals surface area contributed by atoms with Gasteiger partial charge in [-0.15, -0.1) is 0 Å². The number of benzene rings is 2. The normalized spacial score (nSPS) is 10.3. The summed E-state index contributed by atoms with van der Waals surface area (Å²) in [6.07, 6.45) is 1.45. The van der Waals surface area contributed by atoms with Crippen LogP contribution in [0.4, 0.5) is 11.4 Å². The highest BCUT2D eigenvalue weighted by atomic mass is 16.6. The van der Waals surface area contributed by atoms with Crippen molar-refractivity contribution >= 4 is 23.1 Å². The summed E-state index contributed by atoms with van der Waals surface area (Å²) in [5.41, 5.74) is 2.04. The molecule has 0 aliphatic heterocycles. The number of nitro benzene ring substituents is 1. The zero-order valence-electron chi connectivity index (χ0n) is 15.1. The van der Waals surface area contributed by atoms with Crippen molar-refractivity contribution in [2.75, 3.05) is 18.5 Å². The molecule has 27 heavy (non-hydrogen) atoms. The molecule has 0 radical (unpaired) electrons. The van der Waals surface area contributed by atoms with Crippen LogP contribution in [0.5, 0.6) is 0 Å². The van der Waals surface area contributed by atoms with Crippen molar-refractivity contribution in [1.82, 2.24) is 0 Å². The molecule has 142 valence electrons. The van der Waals surface area contributed by atoms with Crippen LogP contribution < -0.4 is 5.32 Å². The summed E-state index contributed by atoms with van der Waals surface area (Å²) in [6, 6.07) is 13.5. The average Bonchev–Trinajstić information content (AvgIpc) is 2.69. The lowest BCUT2D eigenvalue weighted by molar-refractivity contribution is -0.384. The van der Waals surface area contributed by atoms with E-state index < -0.39 is 10.9 Å². The molecule has 2 aromatic carbocycles. The predicted octanol–water partition coefficient (Wildman–Crippen LogP) is 3.78. The Morgan fingerprint density at radius 1 is 1.11 bits per heavy atom. The van der Waals surface area contributed by atoms with Crippen molar-refractivity contribution in [2.24, 2.45) is 0 Å². The molecule has 0 fully saturated rings. The van der Waals surface area contributed by atoms with Crippen molar-refractivity contribution in [3.05, 3.63) is 69.8 Å². The maximum Gasteiger partial charge on any atom is 0.306 e. The highest BCUT2D eigenvalue weighted by molar-refractivity contribution is 5.97. The smallest absolute Gasteiger partial charge is 0.306 e. The van der Waals surface area contributed by atoms with E-state index in [1.165, 1.54) is 6.07 Å². The lowest BCUT2D eigenvalue weighted by Crippen LogP contribution is -2.15. The van der Waals surface area contributed by atoms with E-state index >= 15 is 0 Å². The van der Waals surface area contributed by atoms with Crippen molar-refractivity contribution in [1.29, 1.82) is 0 Å². The number of nitrogens with zero attached hydrogens (tertiary/aromatic N) is 1. The van der Waals surface area contributed by atoms with Gasteiger partial charge in [-0.25, -0.2) is 0 Å². The Bertz CT molecular complexity index is 802. The standard InChI is InChI=1S/C20H22N2O5/c1-2-15-9-11-16(12-10-15)19(23)14-27-20(24)8-5-13-21-17-6-3-4-7-18(17)22(25)26/h3-4,6-7,9-12,21H,2,5,8,13-14H2,1H3. The molecule has 0 saturated carbocycles. The second kappa shape index (κ2) is 10.1. The van der Waals surface area contributed by atoms with Gasteiger partial charge in [-0.05, 0) is 24.5 Å². The summed E-state index contributed by atoms with van der Waals surface area (Å²) in [5, 5.41) is 13.9. The number of nitro groups is 1. The molecular formula is C20H22N2O5. The number of nitrogens with one attached hydrogen (secondary N) is 1. The molecule has 2 aromatic rings. The molecule has 0 atom stereocenters. The van der Waals surface area contributed by atoms with Crippen LogP contribution in [-0.2, 0) is 16.0 Å². The summed E-state index contributed by atoms with van der Waals surface area (Å²) >= 11 is 0. The Hall–Kier alpha value is -3.22. The number of para-hydroxylation sites is 2. The molecule has 0 heterocycles. The van der Waals surface area contributed by atoms with Gasteiger partial charge in [0, 0.05) is 24.6 Å². The summed E-state index contributed by atoms with van der Waals surface area (Å²) in [7, 11) is 0. The van der Waals surface area contributed by atoms with Crippen LogP contribution in [-0.4, -0.2) is 29.8 Å². The van der Waals surface area contributed by atoms with E-state index in [-0.39, 0.29) is 24.5 Å². The third-order valence-corrected chi connectivity index (χ3v) is 4.02. The summed E-state index contributed by atoms with van der Waals surface area (Å²) in [6.45, 7) is 2.12. The highest BCUT2D eigenvalue weighted by Crippen LogP contribution is 2.22. The fourth-order valence-electron chi connectivity index (χ4n) is 2.47. The first kappa shape index (κ1) is 20.1. The first-order valence-corrected chi connectivity index (χ1v) is 8.76. The second-order valence-electron chi connectivity index (χ2n) is 5.94. The molecule has 0 saturated heterocycles. The number of hydrogen-bond donors (Lipinski definition) is 1. The minimum Gasteiger partial charge on any atom is -0.457 e. The molecule has 0 aliphatic carbocycles. The molecular weight excluding hydrogens is 348 g/mol. The Kier molecular flexibility index (Phi) is 7.49. The van der Waals surface area contributed by atoms with E-state index in [4.69, 9.17) is 4.74 Å². The Morgan fingerprint density at radius 2 is 1.81 bits per heavy atom. The molecule has 2 rings (SSSR count). The fourth-order valence-corrected chi connectivity index (χ4v) is 2.47. The molecule has 0 unspecified atom stereocenters. The predicted molar refractivity (Wildman–Crippen MR) is 102 cm³/mol. The van der Waals surface area contributed by atoms with E-state index in [0.717, 1.165) is 12.0 Å². The fraction of sp³-hybridized carbons (Fsp3) is 0.300. The van der Waals surface area contributed by atoms with Gasteiger partial charge in [0.1, 0.15) is 5.69 Å². The van der Waals surface area contributed by atoms with Crippen LogP contribution in [0.15, 0.2) is 48.5 Å². The van der Waals surface area contributed by atoms with Crippen molar-refractivity contribution in [3.63, 3.8) is 0 Å². The molecule has 1 N–H and O–H groups in total. The van der Waals surface area contributed by atoms with Gasteiger partial charge < -0.3 is 10.1 Å². The topological polar surface area (TPSA) is 98.5 Å². The molecule has 0 aliphatic rings. The van der Waals surface area contributed by atoms with E-state index in [2.05, 4.69) is 5.32 Å². The third kappa shape index (κ3) is 6.22. The zero-order chi connectivity index (χ0) is 19.6. The van der Waals surface area contributed by atoms with Gasteiger partial charge in [-0.3, -0.25) is 19.7 Å². The number of aryl methyl sites for hydroxylation is 1. The van der Waals surface area contributed by atoms with Crippen LogP contribution in [0.2, 0.25) is 0 Å². The van der Waals surface area contributed by atoms with Crippen molar-refractivity contribution < 1.29 is 19.2 Å². The molecule has 0 spiro atoms. The molecule has 0 bridgehead atoms. The number of rotatable bonds is 10. The monoisotopic (exact) mass is 370 g/mol. The summed E-state index contributed by atoms with van der Waals surface area (Å²) in [5.74, 6) is -0.720. The van der Waals surface area contributed by atoms with E-state index in [1.54, 1.807) is 30.3 Å². The zero-order valence-corrected chi connectivity index (χ0v) is 15.1. The first-order chi connectivity index (χ1) is 13.0. The number of anilines is 1. The van der Waals surface area contributed by atoms with E-state index in [1.807, 2.05) is 19.1 Å². The Morgan fingerprint density at radius 3 is 2.48 bits per heavy atom. The van der Waals surface area contributed by atoms with Gasteiger partial charge in [0.05, 0.1) is 4.92 Å². The lowest BCUT2D eigenvalue weighted by atomic mass is 10.1. The molecule has 0 amide bonds. The van der Waals surface area contributed by atoms with Gasteiger partial charge in [0.2, 0.25) is 0 Å². The third-order valence-electron chi connectivity index (χ3n) is 4.02. The van der Waals surface area contributed by atoms with Gasteiger partial charge in [-0.1, -0.05) is 43.3 Å². The number of ether oxygens (including phenoxy) is 1. The number of carbonyl (C=O) groups is 2. The summed E-state index contributed by atoms with van der Waals surface area (Å²) in [4.78, 5) is 34.2. The maximum absolute atomic E-state index is 12.0. The van der Waals surface area contributed by atoms with Gasteiger partial charge in [0.15, 0.2) is 12.4 Å².